The molecular formula is C26H27FN2O2. The lowest BCUT2D eigenvalue weighted by molar-refractivity contribution is 0.0965. The van der Waals surface area contributed by atoms with Gasteiger partial charge in [0.15, 0.2) is 12.1 Å². The summed E-state index contributed by atoms with van der Waals surface area (Å²) in [4.78, 5) is 29.0. The highest BCUT2D eigenvalue weighted by Crippen LogP contribution is 2.48. The number of carbonyl (C=O) groups is 2. The SMILES string of the molecule is O=C1C[C@@]2(CCN(C(=O)N3CCCC3F)C2)c2ccc(-c3ccccc3C3CC3)cc21. The number of benzene rings is 2. The van der Waals surface area contributed by atoms with Crippen LogP contribution in [-0.2, 0) is 5.41 Å². The Morgan fingerprint density at radius 3 is 2.65 bits per heavy atom. The molecule has 2 amide bonds. The van der Waals surface area contributed by atoms with Gasteiger partial charge in [-0.1, -0.05) is 36.4 Å². The van der Waals surface area contributed by atoms with E-state index in [1.54, 1.807) is 4.90 Å². The summed E-state index contributed by atoms with van der Waals surface area (Å²) in [6, 6.07) is 14.6. The molecule has 6 rings (SSSR count). The maximum absolute atomic E-state index is 14.1. The molecule has 5 heteroatoms. The van der Waals surface area contributed by atoms with Crippen LogP contribution in [-0.4, -0.2) is 47.5 Å². The minimum Gasteiger partial charge on any atom is -0.324 e. The van der Waals surface area contributed by atoms with E-state index in [-0.39, 0.29) is 17.2 Å². The predicted octanol–water partition coefficient (Wildman–Crippen LogP) is 5.27. The molecular weight excluding hydrogens is 391 g/mol. The number of halogens is 1. The van der Waals surface area contributed by atoms with E-state index < -0.39 is 6.30 Å². The number of carbonyl (C=O) groups excluding carboxylic acids is 2. The molecule has 3 fully saturated rings. The third-order valence-corrected chi connectivity index (χ3v) is 7.73. The Hall–Kier alpha value is -2.69. The first-order chi connectivity index (χ1) is 15.1. The average Bonchev–Trinajstić information content (AvgIpc) is 3.32. The second-order valence-electron chi connectivity index (χ2n) is 9.73. The van der Waals surface area contributed by atoms with Gasteiger partial charge in [0.2, 0.25) is 0 Å². The Morgan fingerprint density at radius 2 is 1.87 bits per heavy atom. The molecule has 0 radical (unpaired) electrons. The molecule has 2 aromatic carbocycles. The van der Waals surface area contributed by atoms with Gasteiger partial charge in [0.25, 0.3) is 0 Å². The molecule has 2 aliphatic carbocycles. The second kappa shape index (κ2) is 6.91. The summed E-state index contributed by atoms with van der Waals surface area (Å²) in [5.41, 5.74) is 5.28. The van der Waals surface area contributed by atoms with Gasteiger partial charge < -0.3 is 4.90 Å². The molecule has 1 spiro atoms. The molecule has 0 bridgehead atoms. The van der Waals surface area contributed by atoms with Gasteiger partial charge in [-0.3, -0.25) is 9.69 Å². The van der Waals surface area contributed by atoms with Gasteiger partial charge in [-0.2, -0.15) is 0 Å². The number of amides is 2. The van der Waals surface area contributed by atoms with Crippen molar-refractivity contribution in [1.29, 1.82) is 0 Å². The van der Waals surface area contributed by atoms with Crippen molar-refractivity contribution < 1.29 is 14.0 Å². The Bertz CT molecular complexity index is 1080. The second-order valence-corrected chi connectivity index (χ2v) is 9.73. The first-order valence-corrected chi connectivity index (χ1v) is 11.5. The average molecular weight is 419 g/mol. The molecule has 2 aliphatic heterocycles. The van der Waals surface area contributed by atoms with E-state index in [4.69, 9.17) is 0 Å². The fourth-order valence-electron chi connectivity index (χ4n) is 5.94. The Kier molecular flexibility index (Phi) is 4.24. The summed E-state index contributed by atoms with van der Waals surface area (Å²) in [6.45, 7) is 1.58. The number of nitrogens with zero attached hydrogens (tertiary/aromatic N) is 2. The summed E-state index contributed by atoms with van der Waals surface area (Å²) < 4.78 is 14.1. The van der Waals surface area contributed by atoms with E-state index >= 15 is 0 Å². The molecule has 2 heterocycles. The number of urea groups is 1. The molecule has 1 saturated carbocycles. The van der Waals surface area contributed by atoms with Crippen molar-refractivity contribution in [3.8, 4) is 11.1 Å². The zero-order valence-electron chi connectivity index (χ0n) is 17.6. The van der Waals surface area contributed by atoms with Crippen LogP contribution in [0.2, 0.25) is 0 Å². The monoisotopic (exact) mass is 418 g/mol. The number of alkyl halides is 1. The molecule has 2 aromatic rings. The van der Waals surface area contributed by atoms with Gasteiger partial charge >= 0.3 is 6.03 Å². The highest BCUT2D eigenvalue weighted by Gasteiger charge is 2.50. The van der Waals surface area contributed by atoms with Crippen LogP contribution in [0.3, 0.4) is 0 Å². The largest absolute Gasteiger partial charge is 0.324 e. The van der Waals surface area contributed by atoms with Crippen LogP contribution in [0.5, 0.6) is 0 Å². The molecule has 2 atom stereocenters. The smallest absolute Gasteiger partial charge is 0.322 e. The number of likely N-dealkylation sites (tertiary alicyclic amines) is 2. The third kappa shape index (κ3) is 3.00. The topological polar surface area (TPSA) is 40.6 Å². The molecule has 160 valence electrons. The first-order valence-electron chi connectivity index (χ1n) is 11.5. The fraction of sp³-hybridized carbons (Fsp3) is 0.462. The number of hydrogen-bond acceptors (Lipinski definition) is 2. The summed E-state index contributed by atoms with van der Waals surface area (Å²) in [5.74, 6) is 0.811. The number of Topliss-reactive ketones (excluding diaryl/α,β-unsaturated/α-hetero) is 1. The van der Waals surface area contributed by atoms with E-state index in [1.807, 2.05) is 0 Å². The Labute approximate surface area is 182 Å². The van der Waals surface area contributed by atoms with Crippen molar-refractivity contribution in [2.24, 2.45) is 0 Å². The molecule has 0 aromatic heterocycles. The predicted molar refractivity (Wildman–Crippen MR) is 117 cm³/mol. The minimum absolute atomic E-state index is 0.166. The quantitative estimate of drug-likeness (QED) is 0.623. The zero-order chi connectivity index (χ0) is 21.2. The lowest BCUT2D eigenvalue weighted by Gasteiger charge is -2.28. The van der Waals surface area contributed by atoms with Crippen LogP contribution in [0, 0.1) is 0 Å². The van der Waals surface area contributed by atoms with E-state index in [1.165, 1.54) is 28.9 Å². The zero-order valence-corrected chi connectivity index (χ0v) is 17.6. The van der Waals surface area contributed by atoms with Crippen molar-refractivity contribution in [2.75, 3.05) is 19.6 Å². The number of rotatable bonds is 2. The van der Waals surface area contributed by atoms with Crippen LogP contribution in [0.1, 0.15) is 65.9 Å². The Balaban J connectivity index is 1.30. The highest BCUT2D eigenvalue weighted by atomic mass is 19.1. The van der Waals surface area contributed by atoms with Crippen molar-refractivity contribution in [1.82, 2.24) is 9.80 Å². The summed E-state index contributed by atoms with van der Waals surface area (Å²) >= 11 is 0. The van der Waals surface area contributed by atoms with Crippen molar-refractivity contribution in [3.05, 3.63) is 59.2 Å². The minimum atomic E-state index is -1.17. The molecule has 4 nitrogen and oxygen atoms in total. The normalized spacial score (nSPS) is 27.4. The fourth-order valence-corrected chi connectivity index (χ4v) is 5.94. The molecule has 1 unspecified atom stereocenters. The summed E-state index contributed by atoms with van der Waals surface area (Å²) in [7, 11) is 0. The Morgan fingerprint density at radius 1 is 1.03 bits per heavy atom. The van der Waals surface area contributed by atoms with E-state index in [0.717, 1.165) is 29.5 Å². The number of fused-ring (bicyclic) bond motifs is 2. The van der Waals surface area contributed by atoms with Crippen molar-refractivity contribution in [2.45, 2.75) is 56.2 Å². The van der Waals surface area contributed by atoms with Crippen molar-refractivity contribution in [3.63, 3.8) is 0 Å². The van der Waals surface area contributed by atoms with Crippen molar-refractivity contribution >= 4 is 11.8 Å². The van der Waals surface area contributed by atoms with Crippen LogP contribution in [0.4, 0.5) is 9.18 Å². The van der Waals surface area contributed by atoms with E-state index in [9.17, 15) is 14.0 Å². The van der Waals surface area contributed by atoms with Gasteiger partial charge in [-0.05, 0) is 66.3 Å². The number of hydrogen-bond donors (Lipinski definition) is 0. The lowest BCUT2D eigenvalue weighted by Crippen LogP contribution is -2.44. The van der Waals surface area contributed by atoms with Crippen LogP contribution < -0.4 is 0 Å². The number of ketones is 1. The van der Waals surface area contributed by atoms with E-state index in [0.29, 0.717) is 38.4 Å². The van der Waals surface area contributed by atoms with E-state index in [2.05, 4.69) is 42.5 Å². The molecule has 4 aliphatic rings. The third-order valence-electron chi connectivity index (χ3n) is 7.73. The van der Waals surface area contributed by atoms with Gasteiger partial charge in [0.05, 0.1) is 0 Å². The van der Waals surface area contributed by atoms with Crippen LogP contribution in [0.25, 0.3) is 11.1 Å². The maximum Gasteiger partial charge on any atom is 0.322 e. The highest BCUT2D eigenvalue weighted by molar-refractivity contribution is 6.03. The van der Waals surface area contributed by atoms with Gasteiger partial charge in [-0.15, -0.1) is 0 Å². The van der Waals surface area contributed by atoms with Crippen LogP contribution in [0.15, 0.2) is 42.5 Å². The van der Waals surface area contributed by atoms with Gasteiger partial charge in [-0.25, -0.2) is 9.18 Å². The van der Waals surface area contributed by atoms with Crippen LogP contribution >= 0.6 is 0 Å². The first kappa shape index (κ1) is 19.0. The molecule has 31 heavy (non-hydrogen) atoms. The molecule has 0 N–H and O–H groups in total. The molecule has 2 saturated heterocycles. The lowest BCUT2D eigenvalue weighted by atomic mass is 9.80. The van der Waals surface area contributed by atoms with Gasteiger partial charge in [0.1, 0.15) is 0 Å². The van der Waals surface area contributed by atoms with Gasteiger partial charge in [0, 0.05) is 37.0 Å². The maximum atomic E-state index is 14.1. The summed E-state index contributed by atoms with van der Waals surface area (Å²) in [6.07, 6.45) is 3.67. The standard InChI is InChI=1S/C26H27FN2O2/c27-24-6-3-12-29(24)25(31)28-13-11-26(16-28)15-23(30)21-14-18(9-10-22(21)26)20-5-2-1-4-19(20)17-7-8-17/h1-2,4-5,9-10,14,17,24H,3,6-8,11-13,15-16H2/t24?,26-/m1/s1. The summed E-state index contributed by atoms with van der Waals surface area (Å²) in [5, 5.41) is 0.